The molecular weight excluding hydrogens is 218 g/mol. The van der Waals surface area contributed by atoms with Gasteiger partial charge in [0.05, 0.1) is 4.92 Å². The molecule has 0 saturated heterocycles. The second-order valence-corrected chi connectivity index (χ2v) is 3.81. The molecule has 1 aromatic carbocycles. The summed E-state index contributed by atoms with van der Waals surface area (Å²) in [5.41, 5.74) is 1.32. The van der Waals surface area contributed by atoms with E-state index in [-0.39, 0.29) is 5.69 Å². The normalized spacial score (nSPS) is 10.4. The molecule has 1 heterocycles. The molecule has 5 nitrogen and oxygen atoms in total. The van der Waals surface area contributed by atoms with Gasteiger partial charge in [-0.1, -0.05) is 30.3 Å². The average Bonchev–Trinajstić information content (AvgIpc) is 2.79. The van der Waals surface area contributed by atoms with Gasteiger partial charge in [-0.2, -0.15) is 5.10 Å². The first-order valence-corrected chi connectivity index (χ1v) is 5.46. The standard InChI is InChI=1S/C12H13N3O2/c16-15(17)12-9-13-14(10-12)8-4-7-11-5-2-1-3-6-11/h1-3,5-6,9-10H,4,7-8H2. The van der Waals surface area contributed by atoms with Crippen LogP contribution >= 0.6 is 0 Å². The van der Waals surface area contributed by atoms with Crippen molar-refractivity contribution >= 4 is 5.69 Å². The van der Waals surface area contributed by atoms with Crippen molar-refractivity contribution in [2.24, 2.45) is 0 Å². The van der Waals surface area contributed by atoms with Crippen molar-refractivity contribution in [3.8, 4) is 0 Å². The third-order valence-corrected chi connectivity index (χ3v) is 2.53. The first kappa shape index (κ1) is 11.3. The summed E-state index contributed by atoms with van der Waals surface area (Å²) in [6.45, 7) is 0.697. The van der Waals surface area contributed by atoms with Crippen LogP contribution in [0.1, 0.15) is 12.0 Å². The van der Waals surface area contributed by atoms with E-state index in [9.17, 15) is 10.1 Å². The van der Waals surface area contributed by atoms with Gasteiger partial charge in [-0.3, -0.25) is 14.8 Å². The number of aryl methyl sites for hydroxylation is 2. The van der Waals surface area contributed by atoms with Crippen LogP contribution < -0.4 is 0 Å². The molecule has 0 aliphatic heterocycles. The van der Waals surface area contributed by atoms with E-state index in [4.69, 9.17) is 0 Å². The lowest BCUT2D eigenvalue weighted by atomic mass is 10.1. The van der Waals surface area contributed by atoms with Crippen LogP contribution in [-0.4, -0.2) is 14.7 Å². The first-order valence-electron chi connectivity index (χ1n) is 5.46. The van der Waals surface area contributed by atoms with Crippen LogP contribution in [0.4, 0.5) is 5.69 Å². The van der Waals surface area contributed by atoms with Gasteiger partial charge in [0.15, 0.2) is 0 Å². The predicted molar refractivity (Wildman–Crippen MR) is 63.6 cm³/mol. The SMILES string of the molecule is O=[N+]([O-])c1cnn(CCCc2ccccc2)c1. The molecule has 0 bridgehead atoms. The summed E-state index contributed by atoms with van der Waals surface area (Å²) in [4.78, 5) is 10.0. The Kier molecular flexibility index (Phi) is 3.49. The van der Waals surface area contributed by atoms with Crippen molar-refractivity contribution in [2.75, 3.05) is 0 Å². The monoisotopic (exact) mass is 231 g/mol. The molecule has 2 rings (SSSR count). The lowest BCUT2D eigenvalue weighted by Gasteiger charge is -2.01. The smallest absolute Gasteiger partial charge is 0.266 e. The highest BCUT2D eigenvalue weighted by Crippen LogP contribution is 2.09. The number of aromatic nitrogens is 2. The van der Waals surface area contributed by atoms with Crippen LogP contribution in [0.2, 0.25) is 0 Å². The van der Waals surface area contributed by atoms with Crippen molar-refractivity contribution in [3.63, 3.8) is 0 Å². The molecule has 0 spiro atoms. The topological polar surface area (TPSA) is 61.0 Å². The summed E-state index contributed by atoms with van der Waals surface area (Å²) in [5.74, 6) is 0. The number of nitro groups is 1. The van der Waals surface area contributed by atoms with Crippen LogP contribution in [0, 0.1) is 10.1 Å². The molecule has 5 heteroatoms. The molecule has 17 heavy (non-hydrogen) atoms. The Morgan fingerprint density at radius 2 is 2.06 bits per heavy atom. The minimum absolute atomic E-state index is 0.0460. The largest absolute Gasteiger partial charge is 0.306 e. The number of hydrogen-bond acceptors (Lipinski definition) is 3. The molecule has 2 aromatic rings. The molecule has 0 fully saturated rings. The van der Waals surface area contributed by atoms with Gasteiger partial charge in [0, 0.05) is 6.54 Å². The Balaban J connectivity index is 1.84. The van der Waals surface area contributed by atoms with Crippen LogP contribution in [0.15, 0.2) is 42.7 Å². The van der Waals surface area contributed by atoms with Crippen LogP contribution in [-0.2, 0) is 13.0 Å². The maximum absolute atomic E-state index is 10.5. The molecule has 88 valence electrons. The lowest BCUT2D eigenvalue weighted by molar-refractivity contribution is -0.385. The fraction of sp³-hybridized carbons (Fsp3) is 0.250. The molecule has 0 atom stereocenters. The third-order valence-electron chi connectivity index (χ3n) is 2.53. The summed E-state index contributed by atoms with van der Waals surface area (Å²) in [6.07, 6.45) is 4.62. The summed E-state index contributed by atoms with van der Waals surface area (Å²) in [7, 11) is 0. The molecule has 0 aliphatic rings. The van der Waals surface area contributed by atoms with E-state index >= 15 is 0 Å². The van der Waals surface area contributed by atoms with Gasteiger partial charge < -0.3 is 0 Å². The zero-order valence-electron chi connectivity index (χ0n) is 9.32. The third kappa shape index (κ3) is 3.14. The van der Waals surface area contributed by atoms with Crippen molar-refractivity contribution < 1.29 is 4.92 Å². The van der Waals surface area contributed by atoms with Crippen LogP contribution in [0.25, 0.3) is 0 Å². The summed E-state index contributed by atoms with van der Waals surface area (Å²) >= 11 is 0. The summed E-state index contributed by atoms with van der Waals surface area (Å²) in [6, 6.07) is 10.2. The van der Waals surface area contributed by atoms with E-state index < -0.39 is 4.92 Å². The molecule has 0 saturated carbocycles. The van der Waals surface area contributed by atoms with Gasteiger partial charge >= 0.3 is 5.69 Å². The van der Waals surface area contributed by atoms with E-state index in [0.717, 1.165) is 12.8 Å². The first-order chi connectivity index (χ1) is 8.25. The zero-order valence-corrected chi connectivity index (χ0v) is 9.32. The van der Waals surface area contributed by atoms with E-state index in [1.165, 1.54) is 18.0 Å². The Labute approximate surface area is 98.8 Å². The Hall–Kier alpha value is -2.17. The summed E-state index contributed by atoms with van der Waals surface area (Å²) < 4.78 is 1.61. The highest BCUT2D eigenvalue weighted by atomic mass is 16.6. The maximum atomic E-state index is 10.5. The number of benzene rings is 1. The second kappa shape index (κ2) is 5.25. The second-order valence-electron chi connectivity index (χ2n) is 3.81. The number of hydrogen-bond donors (Lipinski definition) is 0. The Morgan fingerprint density at radius 1 is 1.29 bits per heavy atom. The highest BCUT2D eigenvalue weighted by Gasteiger charge is 2.07. The van der Waals surface area contributed by atoms with E-state index in [1.54, 1.807) is 4.68 Å². The van der Waals surface area contributed by atoms with Crippen LogP contribution in [0.5, 0.6) is 0 Å². The number of rotatable bonds is 5. The molecule has 0 radical (unpaired) electrons. The van der Waals surface area contributed by atoms with Gasteiger partial charge in [-0.15, -0.1) is 0 Å². The van der Waals surface area contributed by atoms with Gasteiger partial charge in [0.25, 0.3) is 0 Å². The zero-order chi connectivity index (χ0) is 12.1. The van der Waals surface area contributed by atoms with E-state index in [2.05, 4.69) is 17.2 Å². The Morgan fingerprint density at radius 3 is 2.71 bits per heavy atom. The average molecular weight is 231 g/mol. The maximum Gasteiger partial charge on any atom is 0.306 e. The predicted octanol–water partition coefficient (Wildman–Crippen LogP) is 2.42. The minimum atomic E-state index is -0.430. The van der Waals surface area contributed by atoms with Gasteiger partial charge in [-0.05, 0) is 18.4 Å². The molecule has 1 aromatic heterocycles. The highest BCUT2D eigenvalue weighted by molar-refractivity contribution is 5.20. The summed E-state index contributed by atoms with van der Waals surface area (Å²) in [5, 5.41) is 14.4. The van der Waals surface area contributed by atoms with Gasteiger partial charge in [-0.25, -0.2) is 0 Å². The fourth-order valence-corrected chi connectivity index (χ4v) is 1.66. The fourth-order valence-electron chi connectivity index (χ4n) is 1.66. The van der Waals surface area contributed by atoms with Crippen molar-refractivity contribution in [2.45, 2.75) is 19.4 Å². The van der Waals surface area contributed by atoms with Crippen molar-refractivity contribution in [1.29, 1.82) is 0 Å². The minimum Gasteiger partial charge on any atom is -0.266 e. The molecule has 0 aliphatic carbocycles. The molecule has 0 N–H and O–H groups in total. The Bertz CT molecular complexity index is 493. The number of nitrogens with zero attached hydrogens (tertiary/aromatic N) is 3. The molecule has 0 unspecified atom stereocenters. The van der Waals surface area contributed by atoms with E-state index in [1.807, 2.05) is 18.2 Å². The van der Waals surface area contributed by atoms with Crippen molar-refractivity contribution in [3.05, 3.63) is 58.4 Å². The quantitative estimate of drug-likeness (QED) is 0.586. The van der Waals surface area contributed by atoms with Crippen LogP contribution in [0.3, 0.4) is 0 Å². The molecular formula is C12H13N3O2. The van der Waals surface area contributed by atoms with Crippen molar-refractivity contribution in [1.82, 2.24) is 9.78 Å². The van der Waals surface area contributed by atoms with Gasteiger partial charge in [0.1, 0.15) is 12.4 Å². The van der Waals surface area contributed by atoms with E-state index in [0.29, 0.717) is 6.54 Å². The lowest BCUT2D eigenvalue weighted by Crippen LogP contribution is -1.99. The van der Waals surface area contributed by atoms with Gasteiger partial charge in [0.2, 0.25) is 0 Å². The molecule has 0 amide bonds.